The van der Waals surface area contributed by atoms with Gasteiger partial charge in [0.2, 0.25) is 0 Å². The number of nitrogens with zero attached hydrogens (tertiary/aromatic N) is 3. The van der Waals surface area contributed by atoms with Crippen LogP contribution >= 0.6 is 0 Å². The van der Waals surface area contributed by atoms with Crippen LogP contribution in [0.15, 0.2) is 35.8 Å². The van der Waals surface area contributed by atoms with E-state index in [0.717, 1.165) is 0 Å². The van der Waals surface area contributed by atoms with Crippen molar-refractivity contribution in [1.82, 2.24) is 9.97 Å². The number of hydrogen-bond acceptors (Lipinski definition) is 4. The Morgan fingerprint density at radius 1 is 1.17 bits per heavy atom. The quantitative estimate of drug-likeness (QED) is 0.598. The second kappa shape index (κ2) is 2.65. The van der Waals surface area contributed by atoms with Crippen LogP contribution in [0.4, 0.5) is 5.69 Å². The Hall–Kier alpha value is -1.84. The molecule has 0 radical (unpaired) electrons. The molecule has 0 aliphatic heterocycles. The molecule has 0 aliphatic carbocycles. The molecule has 12 heavy (non-hydrogen) atoms. The molecule has 0 amide bonds. The van der Waals surface area contributed by atoms with Gasteiger partial charge in [0.1, 0.15) is 11.2 Å². The standard InChI is InChI=1S/C8H5N3O/c12-11-7-3-1-2-6-8(7)10-5-4-9-6/h1-5H. The van der Waals surface area contributed by atoms with Crippen molar-refractivity contribution in [2.24, 2.45) is 5.18 Å². The van der Waals surface area contributed by atoms with Crippen molar-refractivity contribution in [3.63, 3.8) is 0 Å². The van der Waals surface area contributed by atoms with Gasteiger partial charge in [-0.25, -0.2) is 0 Å². The van der Waals surface area contributed by atoms with Gasteiger partial charge >= 0.3 is 0 Å². The van der Waals surface area contributed by atoms with Crippen LogP contribution in [-0.2, 0) is 0 Å². The number of fused-ring (bicyclic) bond motifs is 1. The third-order valence-electron chi connectivity index (χ3n) is 1.58. The molecule has 0 unspecified atom stereocenters. The van der Waals surface area contributed by atoms with Gasteiger partial charge in [0.25, 0.3) is 0 Å². The van der Waals surface area contributed by atoms with Crippen molar-refractivity contribution in [1.29, 1.82) is 0 Å². The Labute approximate surface area is 68.2 Å². The van der Waals surface area contributed by atoms with Gasteiger partial charge < -0.3 is 0 Å². The van der Waals surface area contributed by atoms with Crippen LogP contribution < -0.4 is 0 Å². The van der Waals surface area contributed by atoms with Crippen LogP contribution in [0.1, 0.15) is 0 Å². The van der Waals surface area contributed by atoms with Gasteiger partial charge in [0.05, 0.1) is 5.52 Å². The van der Waals surface area contributed by atoms with Crippen LogP contribution in [0, 0.1) is 4.91 Å². The van der Waals surface area contributed by atoms with E-state index in [2.05, 4.69) is 15.1 Å². The van der Waals surface area contributed by atoms with Crippen molar-refractivity contribution in [2.45, 2.75) is 0 Å². The fraction of sp³-hybridized carbons (Fsp3) is 0. The first-order chi connectivity index (χ1) is 5.92. The van der Waals surface area contributed by atoms with Gasteiger partial charge in [-0.15, -0.1) is 4.91 Å². The molecule has 0 saturated heterocycles. The zero-order valence-electron chi connectivity index (χ0n) is 6.14. The highest BCUT2D eigenvalue weighted by Gasteiger charge is 2.00. The molecule has 4 nitrogen and oxygen atoms in total. The summed E-state index contributed by atoms with van der Waals surface area (Å²) >= 11 is 0. The lowest BCUT2D eigenvalue weighted by atomic mass is 10.2. The van der Waals surface area contributed by atoms with Gasteiger partial charge in [0.15, 0.2) is 0 Å². The van der Waals surface area contributed by atoms with Crippen LogP contribution in [0.2, 0.25) is 0 Å². The largest absolute Gasteiger partial charge is 0.253 e. The highest BCUT2D eigenvalue weighted by molar-refractivity contribution is 5.85. The highest BCUT2D eigenvalue weighted by atomic mass is 16.3. The third kappa shape index (κ3) is 0.934. The molecule has 0 N–H and O–H groups in total. The lowest BCUT2D eigenvalue weighted by Gasteiger charge is -1.94. The minimum absolute atomic E-state index is 0.334. The summed E-state index contributed by atoms with van der Waals surface area (Å²) in [6.07, 6.45) is 3.12. The average molecular weight is 159 g/mol. The topological polar surface area (TPSA) is 55.2 Å². The number of nitroso groups, excluding NO2 is 1. The van der Waals surface area contributed by atoms with E-state index in [9.17, 15) is 4.91 Å². The summed E-state index contributed by atoms with van der Waals surface area (Å²) in [7, 11) is 0. The third-order valence-corrected chi connectivity index (χ3v) is 1.58. The molecule has 0 saturated carbocycles. The second-order valence-corrected chi connectivity index (χ2v) is 2.29. The fourth-order valence-corrected chi connectivity index (χ4v) is 1.05. The van der Waals surface area contributed by atoms with Crippen molar-refractivity contribution < 1.29 is 0 Å². The van der Waals surface area contributed by atoms with E-state index in [1.807, 2.05) is 0 Å². The molecule has 1 heterocycles. The Bertz CT molecular complexity index is 422. The maximum atomic E-state index is 10.3. The second-order valence-electron chi connectivity index (χ2n) is 2.29. The van der Waals surface area contributed by atoms with E-state index >= 15 is 0 Å². The maximum Gasteiger partial charge on any atom is 0.135 e. The molecular weight excluding hydrogens is 154 g/mol. The molecular formula is C8H5N3O. The molecule has 0 atom stereocenters. The van der Waals surface area contributed by atoms with Crippen molar-refractivity contribution >= 4 is 16.7 Å². The van der Waals surface area contributed by atoms with Crippen LogP contribution in [0.25, 0.3) is 11.0 Å². The molecule has 4 heteroatoms. The minimum Gasteiger partial charge on any atom is -0.253 e. The Kier molecular flexibility index (Phi) is 1.51. The van der Waals surface area contributed by atoms with E-state index < -0.39 is 0 Å². The predicted octanol–water partition coefficient (Wildman–Crippen LogP) is 2.03. The predicted molar refractivity (Wildman–Crippen MR) is 45.0 cm³/mol. The van der Waals surface area contributed by atoms with E-state index in [4.69, 9.17) is 0 Å². The van der Waals surface area contributed by atoms with Gasteiger partial charge in [-0.3, -0.25) is 9.97 Å². The number of rotatable bonds is 1. The smallest absolute Gasteiger partial charge is 0.135 e. The normalized spacial score (nSPS) is 10.0. The number of hydrogen-bond donors (Lipinski definition) is 0. The van der Waals surface area contributed by atoms with E-state index in [0.29, 0.717) is 16.7 Å². The highest BCUT2D eigenvalue weighted by Crippen LogP contribution is 2.20. The molecule has 0 spiro atoms. The molecule has 58 valence electrons. The Balaban J connectivity index is 2.88. The summed E-state index contributed by atoms with van der Waals surface area (Å²) in [5, 5.41) is 2.85. The maximum absolute atomic E-state index is 10.3. The number of para-hydroxylation sites is 1. The zero-order valence-corrected chi connectivity index (χ0v) is 6.14. The molecule has 2 rings (SSSR count). The van der Waals surface area contributed by atoms with Gasteiger partial charge in [-0.05, 0) is 17.3 Å². The van der Waals surface area contributed by atoms with Gasteiger partial charge in [-0.1, -0.05) is 6.07 Å². The summed E-state index contributed by atoms with van der Waals surface area (Å²) in [5.74, 6) is 0. The minimum atomic E-state index is 0.334. The van der Waals surface area contributed by atoms with Gasteiger partial charge in [-0.2, -0.15) is 0 Å². The van der Waals surface area contributed by atoms with Crippen LogP contribution in [0.5, 0.6) is 0 Å². The average Bonchev–Trinajstić information content (AvgIpc) is 2.17. The molecule has 0 fully saturated rings. The van der Waals surface area contributed by atoms with Crippen LogP contribution in [-0.4, -0.2) is 9.97 Å². The van der Waals surface area contributed by atoms with E-state index in [-0.39, 0.29) is 0 Å². The van der Waals surface area contributed by atoms with Gasteiger partial charge in [0, 0.05) is 12.4 Å². The van der Waals surface area contributed by atoms with Crippen molar-refractivity contribution in [3.8, 4) is 0 Å². The summed E-state index contributed by atoms with van der Waals surface area (Å²) in [6, 6.07) is 5.13. The lowest BCUT2D eigenvalue weighted by Crippen LogP contribution is -1.80. The molecule has 1 aromatic heterocycles. The van der Waals surface area contributed by atoms with Crippen molar-refractivity contribution in [2.75, 3.05) is 0 Å². The van der Waals surface area contributed by atoms with Crippen molar-refractivity contribution in [3.05, 3.63) is 35.5 Å². The van der Waals surface area contributed by atoms with E-state index in [1.165, 1.54) is 6.20 Å². The monoisotopic (exact) mass is 159 g/mol. The van der Waals surface area contributed by atoms with Crippen LogP contribution in [0.3, 0.4) is 0 Å². The first kappa shape index (κ1) is 6.84. The Morgan fingerprint density at radius 2 is 2.00 bits per heavy atom. The SMILES string of the molecule is O=Nc1cccc2nccnc12. The summed E-state index contributed by atoms with van der Waals surface area (Å²) < 4.78 is 0. The number of benzene rings is 1. The lowest BCUT2D eigenvalue weighted by molar-refractivity contribution is 1.29. The summed E-state index contributed by atoms with van der Waals surface area (Å²) in [5.41, 5.74) is 1.57. The molecule has 0 bridgehead atoms. The zero-order chi connectivity index (χ0) is 8.39. The first-order valence-corrected chi connectivity index (χ1v) is 3.45. The summed E-state index contributed by atoms with van der Waals surface area (Å²) in [4.78, 5) is 18.3. The molecule has 1 aromatic carbocycles. The fourth-order valence-electron chi connectivity index (χ4n) is 1.05. The van der Waals surface area contributed by atoms with E-state index in [1.54, 1.807) is 24.4 Å². The molecule has 0 aliphatic rings. The summed E-state index contributed by atoms with van der Waals surface area (Å²) in [6.45, 7) is 0. The Morgan fingerprint density at radius 3 is 2.83 bits per heavy atom. The number of aromatic nitrogens is 2. The first-order valence-electron chi connectivity index (χ1n) is 3.45. The molecule has 2 aromatic rings.